The Labute approximate surface area is 138 Å². The molecule has 0 atom stereocenters. The second kappa shape index (κ2) is 7.53. The molecular formula is C19H28N4. The highest BCUT2D eigenvalue weighted by molar-refractivity contribution is 5.84. The molecule has 0 unspecified atom stereocenters. The Morgan fingerprint density at radius 2 is 2.04 bits per heavy atom. The number of nitrogens with one attached hydrogen (secondary N) is 3. The van der Waals surface area contributed by atoms with E-state index in [-0.39, 0.29) is 0 Å². The van der Waals surface area contributed by atoms with Crippen molar-refractivity contribution in [3.8, 4) is 0 Å². The molecule has 1 aliphatic rings. The Balaban J connectivity index is 1.65. The molecule has 23 heavy (non-hydrogen) atoms. The molecule has 0 aliphatic heterocycles. The molecule has 1 fully saturated rings. The van der Waals surface area contributed by atoms with E-state index in [0.29, 0.717) is 6.04 Å². The van der Waals surface area contributed by atoms with Crippen LogP contribution >= 0.6 is 0 Å². The van der Waals surface area contributed by atoms with Crippen molar-refractivity contribution in [2.45, 2.75) is 52.0 Å². The third kappa shape index (κ3) is 3.87. The van der Waals surface area contributed by atoms with Crippen LogP contribution in [0.4, 0.5) is 0 Å². The van der Waals surface area contributed by atoms with Crippen molar-refractivity contribution < 1.29 is 0 Å². The van der Waals surface area contributed by atoms with Gasteiger partial charge in [0.2, 0.25) is 0 Å². The largest absolute Gasteiger partial charge is 0.358 e. The Kier molecular flexibility index (Phi) is 5.21. The number of nitrogens with zero attached hydrogens (tertiary/aromatic N) is 1. The molecule has 4 nitrogen and oxygen atoms in total. The fraction of sp³-hybridized carbons (Fsp3) is 0.526. The maximum absolute atomic E-state index is 4.78. The number of aromatic nitrogens is 1. The van der Waals surface area contributed by atoms with Gasteiger partial charge in [0.15, 0.2) is 5.96 Å². The van der Waals surface area contributed by atoms with Crippen LogP contribution in [0.2, 0.25) is 0 Å². The van der Waals surface area contributed by atoms with E-state index in [9.17, 15) is 0 Å². The predicted octanol–water partition coefficient (Wildman–Crippen LogP) is 3.52. The van der Waals surface area contributed by atoms with Crippen LogP contribution in [0.3, 0.4) is 0 Å². The van der Waals surface area contributed by atoms with E-state index < -0.39 is 0 Å². The fourth-order valence-corrected chi connectivity index (χ4v) is 3.52. The first-order valence-electron chi connectivity index (χ1n) is 8.89. The zero-order valence-corrected chi connectivity index (χ0v) is 14.3. The standard InChI is InChI=1S/C19H28N4/c1-3-20-19(23-15-8-4-5-9-15)21-13-12-16-14(2)22-18-11-7-6-10-17(16)18/h6-7,10-11,15,22H,3-5,8-9,12-13H2,1-2H3,(H2,20,21,23). The van der Waals surface area contributed by atoms with Crippen LogP contribution in [0.15, 0.2) is 29.3 Å². The topological polar surface area (TPSA) is 52.2 Å². The van der Waals surface area contributed by atoms with Gasteiger partial charge in [-0.1, -0.05) is 31.0 Å². The van der Waals surface area contributed by atoms with Crippen molar-refractivity contribution in [2.75, 3.05) is 13.1 Å². The lowest BCUT2D eigenvalue weighted by atomic mass is 10.1. The number of rotatable bonds is 5. The Morgan fingerprint density at radius 1 is 1.26 bits per heavy atom. The molecule has 3 rings (SSSR count). The summed E-state index contributed by atoms with van der Waals surface area (Å²) in [6.07, 6.45) is 6.19. The third-order valence-electron chi connectivity index (χ3n) is 4.70. The number of aromatic amines is 1. The van der Waals surface area contributed by atoms with E-state index in [0.717, 1.165) is 25.5 Å². The van der Waals surface area contributed by atoms with Gasteiger partial charge < -0.3 is 15.6 Å². The number of hydrogen-bond donors (Lipinski definition) is 3. The van der Waals surface area contributed by atoms with E-state index in [1.54, 1.807) is 0 Å². The maximum atomic E-state index is 4.78. The summed E-state index contributed by atoms with van der Waals surface area (Å²) in [6.45, 7) is 5.99. The van der Waals surface area contributed by atoms with Crippen LogP contribution in [0.25, 0.3) is 10.9 Å². The number of aryl methyl sites for hydroxylation is 1. The normalized spacial score (nSPS) is 16.2. The minimum Gasteiger partial charge on any atom is -0.358 e. The highest BCUT2D eigenvalue weighted by atomic mass is 15.2. The molecule has 1 aromatic carbocycles. The van der Waals surface area contributed by atoms with Gasteiger partial charge >= 0.3 is 0 Å². The zero-order chi connectivity index (χ0) is 16.1. The number of para-hydroxylation sites is 1. The molecule has 4 heteroatoms. The lowest BCUT2D eigenvalue weighted by Gasteiger charge is -2.16. The van der Waals surface area contributed by atoms with Gasteiger partial charge in [-0.25, -0.2) is 0 Å². The molecule has 1 heterocycles. The van der Waals surface area contributed by atoms with Gasteiger partial charge in [-0.15, -0.1) is 0 Å². The summed E-state index contributed by atoms with van der Waals surface area (Å²) in [5, 5.41) is 8.28. The molecule has 0 radical (unpaired) electrons. The second-order valence-electron chi connectivity index (χ2n) is 6.41. The monoisotopic (exact) mass is 312 g/mol. The Hall–Kier alpha value is -1.97. The first kappa shape index (κ1) is 15.9. The highest BCUT2D eigenvalue weighted by Gasteiger charge is 2.15. The lowest BCUT2D eigenvalue weighted by molar-refractivity contribution is 0.614. The van der Waals surface area contributed by atoms with Gasteiger partial charge in [-0.2, -0.15) is 0 Å². The average molecular weight is 312 g/mol. The summed E-state index contributed by atoms with van der Waals surface area (Å²) in [7, 11) is 0. The number of aliphatic imine (C=N–C) groups is 1. The number of H-pyrrole nitrogens is 1. The molecule has 1 aromatic heterocycles. The van der Waals surface area contributed by atoms with Crippen LogP contribution in [0.5, 0.6) is 0 Å². The number of benzene rings is 1. The highest BCUT2D eigenvalue weighted by Crippen LogP contribution is 2.22. The number of guanidine groups is 1. The van der Waals surface area contributed by atoms with E-state index in [1.807, 2.05) is 0 Å². The van der Waals surface area contributed by atoms with E-state index in [4.69, 9.17) is 4.99 Å². The van der Waals surface area contributed by atoms with Crippen molar-refractivity contribution in [3.05, 3.63) is 35.5 Å². The summed E-state index contributed by atoms with van der Waals surface area (Å²) in [6, 6.07) is 9.12. The summed E-state index contributed by atoms with van der Waals surface area (Å²) in [5.74, 6) is 0.969. The zero-order valence-electron chi connectivity index (χ0n) is 14.3. The second-order valence-corrected chi connectivity index (χ2v) is 6.41. The lowest BCUT2D eigenvalue weighted by Crippen LogP contribution is -2.42. The molecule has 1 saturated carbocycles. The van der Waals surface area contributed by atoms with Crippen molar-refractivity contribution in [3.63, 3.8) is 0 Å². The van der Waals surface area contributed by atoms with Gasteiger partial charge in [0.05, 0.1) is 0 Å². The average Bonchev–Trinajstić information content (AvgIpc) is 3.15. The first-order valence-corrected chi connectivity index (χ1v) is 8.89. The van der Waals surface area contributed by atoms with Crippen LogP contribution in [0, 0.1) is 6.92 Å². The molecule has 0 amide bonds. The SMILES string of the molecule is CCNC(=NCCc1c(C)[nH]c2ccccc12)NC1CCCC1. The minimum atomic E-state index is 0.600. The Bertz CT molecular complexity index is 665. The number of hydrogen-bond acceptors (Lipinski definition) is 1. The maximum Gasteiger partial charge on any atom is 0.191 e. The van der Waals surface area contributed by atoms with Crippen LogP contribution in [0.1, 0.15) is 43.9 Å². The fourth-order valence-electron chi connectivity index (χ4n) is 3.52. The van der Waals surface area contributed by atoms with Crippen LogP contribution < -0.4 is 10.6 Å². The van der Waals surface area contributed by atoms with Gasteiger partial charge in [0.1, 0.15) is 0 Å². The molecule has 1 aliphatic carbocycles. The number of fused-ring (bicyclic) bond motifs is 1. The van der Waals surface area contributed by atoms with Gasteiger partial charge in [-0.3, -0.25) is 4.99 Å². The molecule has 0 bridgehead atoms. The summed E-state index contributed by atoms with van der Waals surface area (Å²) in [4.78, 5) is 8.25. The molecule has 0 spiro atoms. The minimum absolute atomic E-state index is 0.600. The quantitative estimate of drug-likeness (QED) is 0.584. The molecule has 3 N–H and O–H groups in total. The predicted molar refractivity (Wildman–Crippen MR) is 98.1 cm³/mol. The van der Waals surface area contributed by atoms with Crippen LogP contribution in [-0.4, -0.2) is 30.1 Å². The van der Waals surface area contributed by atoms with E-state index in [2.05, 4.69) is 53.7 Å². The molecule has 124 valence electrons. The molecule has 0 saturated heterocycles. The van der Waals surface area contributed by atoms with Gasteiger partial charge in [0.25, 0.3) is 0 Å². The molecular weight excluding hydrogens is 284 g/mol. The summed E-state index contributed by atoms with van der Waals surface area (Å²) < 4.78 is 0. The molecule has 2 aromatic rings. The van der Waals surface area contributed by atoms with Crippen LogP contribution in [-0.2, 0) is 6.42 Å². The van der Waals surface area contributed by atoms with Crippen molar-refractivity contribution >= 4 is 16.9 Å². The smallest absolute Gasteiger partial charge is 0.191 e. The van der Waals surface area contributed by atoms with E-state index in [1.165, 1.54) is 47.8 Å². The van der Waals surface area contributed by atoms with Crippen molar-refractivity contribution in [1.82, 2.24) is 15.6 Å². The summed E-state index contributed by atoms with van der Waals surface area (Å²) >= 11 is 0. The first-order chi connectivity index (χ1) is 11.3. The van der Waals surface area contributed by atoms with Gasteiger partial charge in [-0.05, 0) is 44.7 Å². The van der Waals surface area contributed by atoms with Crippen molar-refractivity contribution in [1.29, 1.82) is 0 Å². The van der Waals surface area contributed by atoms with E-state index >= 15 is 0 Å². The third-order valence-corrected chi connectivity index (χ3v) is 4.70. The summed E-state index contributed by atoms with van der Waals surface area (Å²) in [5.41, 5.74) is 3.87. The van der Waals surface area contributed by atoms with Crippen molar-refractivity contribution in [2.24, 2.45) is 4.99 Å². The Morgan fingerprint density at radius 3 is 2.83 bits per heavy atom. The van der Waals surface area contributed by atoms with Gasteiger partial charge in [0, 0.05) is 35.7 Å².